The molecule has 25 heavy (non-hydrogen) atoms. The second kappa shape index (κ2) is 6.93. The van der Waals surface area contributed by atoms with Gasteiger partial charge in [-0.2, -0.15) is 0 Å². The Hall–Kier alpha value is -2.25. The van der Waals surface area contributed by atoms with Gasteiger partial charge in [0, 0.05) is 11.1 Å². The Labute approximate surface area is 151 Å². The third-order valence-corrected chi connectivity index (χ3v) is 5.78. The van der Waals surface area contributed by atoms with Crippen molar-refractivity contribution in [2.45, 2.75) is 25.7 Å². The number of benzene rings is 2. The Morgan fingerprint density at radius 1 is 1.12 bits per heavy atom. The van der Waals surface area contributed by atoms with Crippen LogP contribution in [0.15, 0.2) is 29.2 Å². The molecule has 0 heterocycles. The van der Waals surface area contributed by atoms with Gasteiger partial charge in [0.25, 0.3) is 10.0 Å². The molecule has 0 saturated heterocycles. The van der Waals surface area contributed by atoms with Gasteiger partial charge in [-0.15, -0.1) is 0 Å². The summed E-state index contributed by atoms with van der Waals surface area (Å²) in [5.74, 6) is -0.928. The first-order valence-corrected chi connectivity index (χ1v) is 9.14. The summed E-state index contributed by atoms with van der Waals surface area (Å²) in [7, 11) is -2.62. The molecule has 2 N–H and O–H groups in total. The fourth-order valence-electron chi connectivity index (χ4n) is 2.34. The molecule has 8 heteroatoms. The fourth-order valence-corrected chi connectivity index (χ4v) is 3.90. The van der Waals surface area contributed by atoms with Crippen LogP contribution in [0, 0.1) is 20.8 Å². The minimum atomic E-state index is -4.02. The van der Waals surface area contributed by atoms with Crippen molar-refractivity contribution in [1.29, 1.82) is 0 Å². The molecule has 0 fully saturated rings. The summed E-state index contributed by atoms with van der Waals surface area (Å²) in [6.07, 6.45) is 0. The van der Waals surface area contributed by atoms with E-state index in [-0.39, 0.29) is 21.9 Å². The van der Waals surface area contributed by atoms with Crippen LogP contribution in [0.25, 0.3) is 0 Å². The Balaban J connectivity index is 2.58. The average molecular weight is 384 g/mol. The van der Waals surface area contributed by atoms with Gasteiger partial charge in [0.05, 0.1) is 23.3 Å². The average Bonchev–Trinajstić information content (AvgIpc) is 2.52. The normalized spacial score (nSPS) is 11.2. The van der Waals surface area contributed by atoms with Gasteiger partial charge in [-0.05, 0) is 55.7 Å². The van der Waals surface area contributed by atoms with Gasteiger partial charge in [-0.25, -0.2) is 13.2 Å². The SMILES string of the molecule is COc1cc(Cl)c(C)cc1NS(=O)(=O)c1cc(C(=O)O)cc(C)c1C. The van der Waals surface area contributed by atoms with Gasteiger partial charge in [-0.3, -0.25) is 4.72 Å². The molecule has 2 aromatic carbocycles. The number of aromatic carboxylic acids is 1. The Morgan fingerprint density at radius 2 is 1.76 bits per heavy atom. The smallest absolute Gasteiger partial charge is 0.335 e. The number of nitrogens with one attached hydrogen (secondary N) is 1. The molecular weight excluding hydrogens is 366 g/mol. The van der Waals surface area contributed by atoms with E-state index in [1.807, 2.05) is 0 Å². The van der Waals surface area contributed by atoms with Crippen LogP contribution in [-0.2, 0) is 10.0 Å². The van der Waals surface area contributed by atoms with E-state index in [2.05, 4.69) is 4.72 Å². The van der Waals surface area contributed by atoms with Crippen LogP contribution < -0.4 is 9.46 Å². The lowest BCUT2D eigenvalue weighted by atomic mass is 10.1. The molecule has 6 nitrogen and oxygen atoms in total. The van der Waals surface area contributed by atoms with E-state index in [9.17, 15) is 18.3 Å². The summed E-state index contributed by atoms with van der Waals surface area (Å²) < 4.78 is 33.3. The quantitative estimate of drug-likeness (QED) is 0.819. The summed E-state index contributed by atoms with van der Waals surface area (Å²) in [5.41, 5.74) is 1.85. The molecule has 134 valence electrons. The summed E-state index contributed by atoms with van der Waals surface area (Å²) >= 11 is 6.03. The molecule has 0 aromatic heterocycles. The van der Waals surface area contributed by atoms with Crippen LogP contribution in [-0.4, -0.2) is 26.6 Å². The van der Waals surface area contributed by atoms with Crippen molar-refractivity contribution in [3.05, 3.63) is 51.5 Å². The number of anilines is 1. The van der Waals surface area contributed by atoms with Gasteiger partial charge in [0.2, 0.25) is 0 Å². The van der Waals surface area contributed by atoms with Crippen molar-refractivity contribution < 1.29 is 23.1 Å². The molecule has 0 bridgehead atoms. The van der Waals surface area contributed by atoms with Crippen molar-refractivity contribution in [1.82, 2.24) is 0 Å². The number of carboxylic acids is 1. The largest absolute Gasteiger partial charge is 0.495 e. The predicted octanol–water partition coefficient (Wildman–Crippen LogP) is 3.77. The number of ether oxygens (including phenoxy) is 1. The number of hydrogen-bond acceptors (Lipinski definition) is 4. The van der Waals surface area contributed by atoms with Crippen LogP contribution in [0.2, 0.25) is 5.02 Å². The molecule has 0 aliphatic heterocycles. The Bertz CT molecular complexity index is 954. The van der Waals surface area contributed by atoms with Gasteiger partial charge in [-0.1, -0.05) is 11.6 Å². The van der Waals surface area contributed by atoms with Crippen LogP contribution >= 0.6 is 11.6 Å². The maximum atomic E-state index is 12.8. The molecule has 0 saturated carbocycles. The second-order valence-electron chi connectivity index (χ2n) is 5.63. The second-order valence-corrected chi connectivity index (χ2v) is 7.69. The number of halogens is 1. The lowest BCUT2D eigenvalue weighted by molar-refractivity contribution is 0.0696. The van der Waals surface area contributed by atoms with Crippen LogP contribution in [0.4, 0.5) is 5.69 Å². The monoisotopic (exact) mass is 383 g/mol. The molecule has 2 aromatic rings. The zero-order valence-electron chi connectivity index (χ0n) is 14.2. The minimum Gasteiger partial charge on any atom is -0.495 e. The molecule has 0 amide bonds. The van der Waals surface area contributed by atoms with E-state index < -0.39 is 16.0 Å². The maximum Gasteiger partial charge on any atom is 0.335 e. The molecule has 0 spiro atoms. The third-order valence-electron chi connectivity index (χ3n) is 3.88. The zero-order chi connectivity index (χ0) is 18.9. The number of aryl methyl sites for hydroxylation is 2. The summed E-state index contributed by atoms with van der Waals surface area (Å²) in [4.78, 5) is 11.1. The molecule has 0 aliphatic carbocycles. The van der Waals surface area contributed by atoms with Crippen molar-refractivity contribution in [3.63, 3.8) is 0 Å². The molecule has 0 unspecified atom stereocenters. The van der Waals surface area contributed by atoms with E-state index in [4.69, 9.17) is 16.3 Å². The van der Waals surface area contributed by atoms with E-state index in [1.54, 1.807) is 26.8 Å². The standard InChI is InChI=1S/C17H18ClNO5S/c1-9-5-12(17(20)21)7-16(11(9)3)25(22,23)19-14-6-10(2)13(18)8-15(14)24-4/h5-8,19H,1-4H3,(H,20,21). The molecule has 0 radical (unpaired) electrons. The minimum absolute atomic E-state index is 0.0947. The lowest BCUT2D eigenvalue weighted by Crippen LogP contribution is -2.16. The van der Waals surface area contributed by atoms with E-state index in [0.717, 1.165) is 6.07 Å². The number of hydrogen-bond donors (Lipinski definition) is 2. The van der Waals surface area contributed by atoms with Crippen LogP contribution in [0.1, 0.15) is 27.0 Å². The zero-order valence-corrected chi connectivity index (χ0v) is 15.7. The van der Waals surface area contributed by atoms with Gasteiger partial charge in [0.15, 0.2) is 0 Å². The van der Waals surface area contributed by atoms with E-state index in [1.165, 1.54) is 19.2 Å². The fraction of sp³-hybridized carbons (Fsp3) is 0.235. The summed E-state index contributed by atoms with van der Waals surface area (Å²) in [6, 6.07) is 5.65. The first-order chi connectivity index (χ1) is 11.6. The van der Waals surface area contributed by atoms with Crippen LogP contribution in [0.3, 0.4) is 0 Å². The number of rotatable bonds is 5. The first-order valence-electron chi connectivity index (χ1n) is 7.28. The Morgan fingerprint density at radius 3 is 2.32 bits per heavy atom. The number of methoxy groups -OCH3 is 1. The molecule has 0 atom stereocenters. The highest BCUT2D eigenvalue weighted by molar-refractivity contribution is 7.92. The predicted molar refractivity (Wildman–Crippen MR) is 96.4 cm³/mol. The Kier molecular flexibility index (Phi) is 5.29. The lowest BCUT2D eigenvalue weighted by Gasteiger charge is -2.16. The highest BCUT2D eigenvalue weighted by Crippen LogP contribution is 2.33. The van der Waals surface area contributed by atoms with Crippen molar-refractivity contribution >= 4 is 33.3 Å². The molecule has 0 aliphatic rings. The molecular formula is C17H18ClNO5S. The third kappa shape index (κ3) is 3.88. The van der Waals surface area contributed by atoms with E-state index in [0.29, 0.717) is 21.7 Å². The van der Waals surface area contributed by atoms with Gasteiger partial charge < -0.3 is 9.84 Å². The van der Waals surface area contributed by atoms with Crippen molar-refractivity contribution in [3.8, 4) is 5.75 Å². The van der Waals surface area contributed by atoms with Crippen LogP contribution in [0.5, 0.6) is 5.75 Å². The van der Waals surface area contributed by atoms with Gasteiger partial charge >= 0.3 is 5.97 Å². The molecule has 2 rings (SSSR count). The maximum absolute atomic E-state index is 12.8. The highest BCUT2D eigenvalue weighted by Gasteiger charge is 2.22. The first kappa shape index (κ1) is 19.1. The number of carbonyl (C=O) groups is 1. The number of sulfonamides is 1. The number of carboxylic acid groups (broad SMARTS) is 1. The van der Waals surface area contributed by atoms with Gasteiger partial charge in [0.1, 0.15) is 5.75 Å². The van der Waals surface area contributed by atoms with Crippen molar-refractivity contribution in [2.75, 3.05) is 11.8 Å². The summed E-state index contributed by atoms with van der Waals surface area (Å²) in [5, 5.41) is 9.62. The van der Waals surface area contributed by atoms with Crippen molar-refractivity contribution in [2.24, 2.45) is 0 Å². The topological polar surface area (TPSA) is 92.7 Å². The highest BCUT2D eigenvalue weighted by atomic mass is 35.5. The van der Waals surface area contributed by atoms with E-state index >= 15 is 0 Å². The summed E-state index contributed by atoms with van der Waals surface area (Å²) in [6.45, 7) is 5.02.